The quantitative estimate of drug-likeness (QED) is 0.864. The van der Waals surface area contributed by atoms with E-state index in [9.17, 15) is 10.1 Å². The minimum atomic E-state index is -0.362. The van der Waals surface area contributed by atoms with Crippen LogP contribution in [0.2, 0.25) is 0 Å². The third kappa shape index (κ3) is 2.16. The van der Waals surface area contributed by atoms with E-state index in [2.05, 4.69) is 6.07 Å². The molecular formula is C16H16N2O2S. The van der Waals surface area contributed by atoms with Crippen molar-refractivity contribution < 1.29 is 9.53 Å². The second-order valence-corrected chi connectivity index (χ2v) is 6.61. The Hall–Kier alpha value is -2.06. The Morgan fingerprint density at radius 2 is 2.24 bits per heavy atom. The van der Waals surface area contributed by atoms with Gasteiger partial charge in [0.25, 0.3) is 0 Å². The number of Topliss-reactive ketones (excluding diaryl/α,β-unsaturated/α-hetero) is 1. The van der Waals surface area contributed by atoms with Crippen LogP contribution in [-0.2, 0) is 9.53 Å². The van der Waals surface area contributed by atoms with Crippen LogP contribution in [0.3, 0.4) is 0 Å². The molecule has 1 aromatic rings. The predicted octanol–water partition coefficient (Wildman–Crippen LogP) is 3.12. The average molecular weight is 300 g/mol. The Morgan fingerprint density at radius 1 is 1.48 bits per heavy atom. The number of allylic oxidation sites excluding steroid dienone is 3. The Bertz CT molecular complexity index is 721. The average Bonchev–Trinajstić information content (AvgIpc) is 2.82. The standard InChI is InChI=1S/C16H16N2O2S/c1-8-5-11(19)14-12(6-8)20-16(18)10(7-17)13(14)15-9(2)3-4-21-15/h3-4,8,13H,5-6,18H2,1-2H3/t8-,13-/m1/s1. The van der Waals surface area contributed by atoms with Gasteiger partial charge in [0.05, 0.1) is 5.92 Å². The van der Waals surface area contributed by atoms with Crippen molar-refractivity contribution in [2.75, 3.05) is 0 Å². The first-order valence-corrected chi connectivity index (χ1v) is 7.78. The monoisotopic (exact) mass is 300 g/mol. The summed E-state index contributed by atoms with van der Waals surface area (Å²) in [5, 5.41) is 11.4. The van der Waals surface area contributed by atoms with Crippen LogP contribution >= 0.6 is 11.3 Å². The van der Waals surface area contributed by atoms with Gasteiger partial charge in [-0.2, -0.15) is 5.26 Å². The third-order valence-electron chi connectivity index (χ3n) is 4.03. The molecule has 4 nitrogen and oxygen atoms in total. The molecule has 0 saturated carbocycles. The summed E-state index contributed by atoms with van der Waals surface area (Å²) in [7, 11) is 0. The van der Waals surface area contributed by atoms with Crippen molar-refractivity contribution in [1.82, 2.24) is 0 Å². The van der Waals surface area contributed by atoms with E-state index in [0.29, 0.717) is 29.7 Å². The fraction of sp³-hybridized carbons (Fsp3) is 0.375. The van der Waals surface area contributed by atoms with Gasteiger partial charge in [-0.15, -0.1) is 11.3 Å². The van der Waals surface area contributed by atoms with Crippen LogP contribution in [0.4, 0.5) is 0 Å². The normalized spacial score (nSPS) is 25.5. The number of nitriles is 1. The first-order chi connectivity index (χ1) is 10.0. The summed E-state index contributed by atoms with van der Waals surface area (Å²) in [6.45, 7) is 4.01. The Balaban J connectivity index is 2.20. The van der Waals surface area contributed by atoms with Crippen molar-refractivity contribution in [3.8, 4) is 6.07 Å². The van der Waals surface area contributed by atoms with Gasteiger partial charge < -0.3 is 10.5 Å². The summed E-state index contributed by atoms with van der Waals surface area (Å²) < 4.78 is 5.60. The maximum Gasteiger partial charge on any atom is 0.205 e. The lowest BCUT2D eigenvalue weighted by Crippen LogP contribution is -2.29. The van der Waals surface area contributed by atoms with Crippen LogP contribution in [0.15, 0.2) is 34.2 Å². The maximum absolute atomic E-state index is 12.5. The maximum atomic E-state index is 12.5. The van der Waals surface area contributed by atoms with Crippen molar-refractivity contribution in [2.45, 2.75) is 32.6 Å². The van der Waals surface area contributed by atoms with Crippen molar-refractivity contribution in [3.63, 3.8) is 0 Å². The van der Waals surface area contributed by atoms with Crippen LogP contribution in [0.25, 0.3) is 0 Å². The summed E-state index contributed by atoms with van der Waals surface area (Å²) >= 11 is 1.55. The molecule has 2 heterocycles. The Labute approximate surface area is 127 Å². The molecule has 2 aliphatic rings. The van der Waals surface area contributed by atoms with Crippen molar-refractivity contribution >= 4 is 17.1 Å². The van der Waals surface area contributed by atoms with E-state index in [4.69, 9.17) is 10.5 Å². The van der Waals surface area contributed by atoms with Crippen molar-refractivity contribution in [2.24, 2.45) is 11.7 Å². The van der Waals surface area contributed by atoms with Gasteiger partial charge in [-0.05, 0) is 29.9 Å². The van der Waals surface area contributed by atoms with Gasteiger partial charge in [0.15, 0.2) is 5.78 Å². The largest absolute Gasteiger partial charge is 0.444 e. The van der Waals surface area contributed by atoms with Gasteiger partial charge in [0, 0.05) is 23.3 Å². The number of nitrogens with two attached hydrogens (primary N) is 1. The van der Waals surface area contributed by atoms with Gasteiger partial charge in [0.1, 0.15) is 17.4 Å². The molecule has 1 aliphatic heterocycles. The number of rotatable bonds is 1. The van der Waals surface area contributed by atoms with E-state index < -0.39 is 0 Å². The van der Waals surface area contributed by atoms with E-state index in [1.54, 1.807) is 11.3 Å². The van der Waals surface area contributed by atoms with Crippen LogP contribution in [0.1, 0.15) is 36.1 Å². The number of hydrogen-bond donors (Lipinski definition) is 1. The second-order valence-electron chi connectivity index (χ2n) is 5.67. The molecule has 0 bridgehead atoms. The Kier molecular flexibility index (Phi) is 3.34. The Morgan fingerprint density at radius 3 is 2.86 bits per heavy atom. The number of ketones is 1. The number of carbonyl (C=O) groups is 1. The fourth-order valence-electron chi connectivity index (χ4n) is 3.04. The highest BCUT2D eigenvalue weighted by atomic mass is 32.1. The molecule has 0 unspecified atom stereocenters. The number of hydrogen-bond acceptors (Lipinski definition) is 5. The van der Waals surface area contributed by atoms with Crippen LogP contribution < -0.4 is 5.73 Å². The van der Waals surface area contributed by atoms with Gasteiger partial charge in [-0.25, -0.2) is 0 Å². The van der Waals surface area contributed by atoms with E-state index in [1.165, 1.54) is 0 Å². The van der Waals surface area contributed by atoms with Gasteiger partial charge >= 0.3 is 0 Å². The smallest absolute Gasteiger partial charge is 0.205 e. The zero-order valence-electron chi connectivity index (χ0n) is 12.0. The highest BCUT2D eigenvalue weighted by Crippen LogP contribution is 2.46. The number of aryl methyl sites for hydroxylation is 1. The summed E-state index contributed by atoms with van der Waals surface area (Å²) in [6, 6.07) is 4.13. The van der Waals surface area contributed by atoms with Gasteiger partial charge in [0.2, 0.25) is 5.88 Å². The zero-order valence-corrected chi connectivity index (χ0v) is 12.8. The SMILES string of the molecule is Cc1ccsc1[C@@H]1C(C#N)=C(N)OC2=C1C(=O)C[C@@H](C)C2. The van der Waals surface area contributed by atoms with Crippen molar-refractivity contribution in [1.29, 1.82) is 5.26 Å². The number of ether oxygens (including phenoxy) is 1. The highest BCUT2D eigenvalue weighted by Gasteiger charge is 2.40. The molecular weight excluding hydrogens is 284 g/mol. The molecule has 3 rings (SSSR count). The number of nitrogens with zero attached hydrogens (tertiary/aromatic N) is 1. The van der Waals surface area contributed by atoms with Crippen molar-refractivity contribution in [3.05, 3.63) is 44.7 Å². The molecule has 2 N–H and O–H groups in total. The predicted molar refractivity (Wildman–Crippen MR) is 80.1 cm³/mol. The van der Waals surface area contributed by atoms with E-state index in [-0.39, 0.29) is 23.5 Å². The molecule has 1 aliphatic carbocycles. The third-order valence-corrected chi connectivity index (χ3v) is 5.11. The summed E-state index contributed by atoms with van der Waals surface area (Å²) in [5.74, 6) is 0.738. The summed E-state index contributed by atoms with van der Waals surface area (Å²) in [5.41, 5.74) is 7.98. The molecule has 0 aromatic carbocycles. The number of thiophene rings is 1. The zero-order chi connectivity index (χ0) is 15.1. The topological polar surface area (TPSA) is 76.1 Å². The number of carbonyl (C=O) groups excluding carboxylic acids is 1. The van der Waals surface area contributed by atoms with E-state index in [1.807, 2.05) is 25.3 Å². The highest BCUT2D eigenvalue weighted by molar-refractivity contribution is 7.10. The van der Waals surface area contributed by atoms with E-state index in [0.717, 1.165) is 10.4 Å². The molecule has 0 fully saturated rings. The molecule has 2 atom stereocenters. The van der Waals surface area contributed by atoms with Crippen LogP contribution in [-0.4, -0.2) is 5.78 Å². The lowest BCUT2D eigenvalue weighted by Gasteiger charge is -2.32. The molecule has 0 saturated heterocycles. The summed E-state index contributed by atoms with van der Waals surface area (Å²) in [6.07, 6.45) is 1.20. The first kappa shape index (κ1) is 13.9. The fourth-order valence-corrected chi connectivity index (χ4v) is 4.08. The van der Waals surface area contributed by atoms with Gasteiger partial charge in [-0.3, -0.25) is 4.79 Å². The molecule has 5 heteroatoms. The molecule has 1 aromatic heterocycles. The minimum Gasteiger partial charge on any atom is -0.444 e. The van der Waals surface area contributed by atoms with E-state index >= 15 is 0 Å². The van der Waals surface area contributed by atoms with Crippen LogP contribution in [0.5, 0.6) is 0 Å². The molecule has 0 spiro atoms. The molecule has 21 heavy (non-hydrogen) atoms. The van der Waals surface area contributed by atoms with Gasteiger partial charge in [-0.1, -0.05) is 6.92 Å². The second kappa shape index (κ2) is 5.05. The molecule has 0 radical (unpaired) electrons. The lowest BCUT2D eigenvalue weighted by molar-refractivity contribution is -0.117. The minimum absolute atomic E-state index is 0.0711. The first-order valence-electron chi connectivity index (χ1n) is 6.90. The summed E-state index contributed by atoms with van der Waals surface area (Å²) in [4.78, 5) is 13.5. The lowest BCUT2D eigenvalue weighted by atomic mass is 9.77. The van der Waals surface area contributed by atoms with Crippen LogP contribution in [0, 0.1) is 24.2 Å². The molecule has 0 amide bonds. The molecule has 108 valence electrons.